The van der Waals surface area contributed by atoms with Crippen molar-refractivity contribution in [2.75, 3.05) is 6.54 Å². The van der Waals surface area contributed by atoms with Crippen molar-refractivity contribution in [3.63, 3.8) is 0 Å². The number of aromatic nitrogens is 2. The number of hydrogen-bond donors (Lipinski definition) is 3. The van der Waals surface area contributed by atoms with Gasteiger partial charge in [0.25, 0.3) is 0 Å². The Balaban J connectivity index is 2.43. The van der Waals surface area contributed by atoms with Gasteiger partial charge in [-0.1, -0.05) is 27.7 Å². The lowest BCUT2D eigenvalue weighted by atomic mass is 9.81. The Labute approximate surface area is 126 Å². The fourth-order valence-corrected chi connectivity index (χ4v) is 2.27. The summed E-state index contributed by atoms with van der Waals surface area (Å²) >= 11 is 0. The van der Waals surface area contributed by atoms with Crippen molar-refractivity contribution < 1.29 is 9.90 Å². The molecule has 6 nitrogen and oxygen atoms in total. The molecular formula is C15H28N4O2. The second-order valence-corrected chi connectivity index (χ2v) is 6.59. The van der Waals surface area contributed by atoms with E-state index in [2.05, 4.69) is 15.7 Å². The van der Waals surface area contributed by atoms with Gasteiger partial charge < -0.3 is 15.7 Å². The van der Waals surface area contributed by atoms with Crippen LogP contribution in [-0.4, -0.2) is 33.6 Å². The summed E-state index contributed by atoms with van der Waals surface area (Å²) in [5.41, 5.74) is 1.66. The van der Waals surface area contributed by atoms with Crippen molar-refractivity contribution in [1.29, 1.82) is 0 Å². The van der Waals surface area contributed by atoms with E-state index in [9.17, 15) is 9.90 Å². The lowest BCUT2D eigenvalue weighted by molar-refractivity contribution is 0.0151. The maximum Gasteiger partial charge on any atom is 0.315 e. The summed E-state index contributed by atoms with van der Waals surface area (Å²) in [5, 5.41) is 19.9. The van der Waals surface area contributed by atoms with Crippen LogP contribution in [0.4, 0.5) is 4.79 Å². The maximum absolute atomic E-state index is 11.8. The van der Waals surface area contributed by atoms with E-state index >= 15 is 0 Å². The second kappa shape index (κ2) is 6.93. The van der Waals surface area contributed by atoms with Crippen LogP contribution in [0.5, 0.6) is 0 Å². The highest BCUT2D eigenvalue weighted by Crippen LogP contribution is 2.24. The summed E-state index contributed by atoms with van der Waals surface area (Å²) in [4.78, 5) is 11.8. The largest absolute Gasteiger partial charge is 0.392 e. The first-order valence-corrected chi connectivity index (χ1v) is 7.32. The summed E-state index contributed by atoms with van der Waals surface area (Å²) in [6, 6.07) is -0.234. The number of nitrogens with one attached hydrogen (secondary N) is 2. The molecule has 1 aromatic rings. The van der Waals surface area contributed by atoms with Gasteiger partial charge in [-0.15, -0.1) is 0 Å². The molecule has 1 rings (SSSR count). The van der Waals surface area contributed by atoms with Gasteiger partial charge in [0.1, 0.15) is 0 Å². The second-order valence-electron chi connectivity index (χ2n) is 6.59. The Morgan fingerprint density at radius 2 is 2.05 bits per heavy atom. The molecule has 1 heterocycles. The smallest absolute Gasteiger partial charge is 0.315 e. The topological polar surface area (TPSA) is 79.2 Å². The summed E-state index contributed by atoms with van der Waals surface area (Å²) in [7, 11) is 1.87. The molecule has 120 valence electrons. The number of rotatable bonds is 6. The Morgan fingerprint density at radius 1 is 1.43 bits per heavy atom. The van der Waals surface area contributed by atoms with E-state index in [1.807, 2.05) is 41.7 Å². The summed E-state index contributed by atoms with van der Waals surface area (Å²) in [5.74, 6) is 0.155. The van der Waals surface area contributed by atoms with Gasteiger partial charge in [0.2, 0.25) is 0 Å². The van der Waals surface area contributed by atoms with Gasteiger partial charge in [0.15, 0.2) is 0 Å². The third-order valence-corrected chi connectivity index (χ3v) is 3.91. The van der Waals surface area contributed by atoms with Crippen LogP contribution in [-0.2, 0) is 13.6 Å². The van der Waals surface area contributed by atoms with Gasteiger partial charge in [0.05, 0.1) is 12.3 Å². The molecule has 1 aromatic heterocycles. The van der Waals surface area contributed by atoms with E-state index in [1.54, 1.807) is 10.9 Å². The molecule has 0 aliphatic carbocycles. The molecule has 2 amide bonds. The van der Waals surface area contributed by atoms with Crippen LogP contribution in [0.1, 0.15) is 39.0 Å². The normalized spacial score (nSPS) is 13.3. The molecule has 0 spiro atoms. The lowest BCUT2D eigenvalue weighted by Crippen LogP contribution is -2.46. The first-order chi connectivity index (χ1) is 9.65. The highest BCUT2D eigenvalue weighted by atomic mass is 16.3. The quantitative estimate of drug-likeness (QED) is 0.745. The Bertz CT molecular complexity index is 480. The molecule has 6 heteroatoms. The zero-order valence-electron chi connectivity index (χ0n) is 13.9. The van der Waals surface area contributed by atoms with Gasteiger partial charge in [-0.25, -0.2) is 4.79 Å². The molecule has 3 N–H and O–H groups in total. The molecule has 0 aliphatic heterocycles. The van der Waals surface area contributed by atoms with E-state index in [0.717, 1.165) is 11.3 Å². The summed E-state index contributed by atoms with van der Waals surface area (Å²) in [6.07, 6.45) is 1.29. The van der Waals surface area contributed by atoms with Crippen LogP contribution >= 0.6 is 0 Å². The Hall–Kier alpha value is -1.56. The number of carbonyl (C=O) groups excluding carboxylic acids is 1. The molecule has 0 radical (unpaired) electrons. The average Bonchev–Trinajstić information content (AvgIpc) is 2.73. The maximum atomic E-state index is 11.8. The first-order valence-electron chi connectivity index (χ1n) is 7.32. The third kappa shape index (κ3) is 4.74. The van der Waals surface area contributed by atoms with E-state index in [4.69, 9.17) is 0 Å². The van der Waals surface area contributed by atoms with Gasteiger partial charge in [-0.3, -0.25) is 4.68 Å². The van der Waals surface area contributed by atoms with Crippen LogP contribution in [0.3, 0.4) is 0 Å². The highest BCUT2D eigenvalue weighted by molar-refractivity contribution is 5.73. The van der Waals surface area contributed by atoms with E-state index in [1.165, 1.54) is 0 Å². The minimum atomic E-state index is -0.460. The fourth-order valence-electron chi connectivity index (χ4n) is 2.27. The number of aliphatic hydroxyl groups excluding tert-OH is 1. The SMILES string of the molecule is Cc1c(CNC(=O)NCC(C)(C)C(O)C(C)C)cnn1C. The molecule has 0 fully saturated rings. The number of aliphatic hydroxyl groups is 1. The molecule has 0 saturated carbocycles. The van der Waals surface area contributed by atoms with Crippen LogP contribution in [0.25, 0.3) is 0 Å². The number of hydrogen-bond acceptors (Lipinski definition) is 3. The molecular weight excluding hydrogens is 268 g/mol. The van der Waals surface area contributed by atoms with Crippen LogP contribution in [0.2, 0.25) is 0 Å². The lowest BCUT2D eigenvalue weighted by Gasteiger charge is -2.33. The van der Waals surface area contributed by atoms with Crippen LogP contribution < -0.4 is 10.6 Å². The number of carbonyl (C=O) groups is 1. The predicted molar refractivity (Wildman–Crippen MR) is 82.8 cm³/mol. The summed E-state index contributed by atoms with van der Waals surface area (Å²) in [6.45, 7) is 10.7. The molecule has 1 atom stereocenters. The predicted octanol–water partition coefficient (Wildman–Crippen LogP) is 1.57. The molecule has 0 bridgehead atoms. The van der Waals surface area contributed by atoms with Crippen LogP contribution in [0, 0.1) is 18.3 Å². The van der Waals surface area contributed by atoms with Gasteiger partial charge in [0, 0.05) is 36.8 Å². The summed E-state index contributed by atoms with van der Waals surface area (Å²) < 4.78 is 1.77. The minimum Gasteiger partial charge on any atom is -0.392 e. The van der Waals surface area contributed by atoms with Crippen molar-refractivity contribution >= 4 is 6.03 Å². The van der Waals surface area contributed by atoms with Crippen molar-refractivity contribution in [2.45, 2.75) is 47.3 Å². The average molecular weight is 296 g/mol. The van der Waals surface area contributed by atoms with Crippen molar-refractivity contribution in [3.05, 3.63) is 17.5 Å². The van der Waals surface area contributed by atoms with Crippen molar-refractivity contribution in [2.24, 2.45) is 18.4 Å². The highest BCUT2D eigenvalue weighted by Gasteiger charge is 2.30. The Kier molecular flexibility index (Phi) is 5.78. The number of urea groups is 1. The molecule has 0 saturated heterocycles. The van der Waals surface area contributed by atoms with E-state index in [-0.39, 0.29) is 17.4 Å². The third-order valence-electron chi connectivity index (χ3n) is 3.91. The van der Waals surface area contributed by atoms with Gasteiger partial charge in [-0.2, -0.15) is 5.10 Å². The van der Waals surface area contributed by atoms with Gasteiger partial charge >= 0.3 is 6.03 Å². The van der Waals surface area contributed by atoms with Gasteiger partial charge in [-0.05, 0) is 12.8 Å². The zero-order valence-corrected chi connectivity index (χ0v) is 13.9. The van der Waals surface area contributed by atoms with Crippen molar-refractivity contribution in [1.82, 2.24) is 20.4 Å². The molecule has 0 aliphatic rings. The first kappa shape index (κ1) is 17.5. The van der Waals surface area contributed by atoms with Crippen molar-refractivity contribution in [3.8, 4) is 0 Å². The fraction of sp³-hybridized carbons (Fsp3) is 0.733. The standard InChI is InChI=1S/C15H28N4O2/c1-10(2)13(20)15(4,5)9-17-14(21)16-7-12-8-18-19(6)11(12)3/h8,10,13,20H,7,9H2,1-6H3,(H2,16,17,21). The number of aryl methyl sites for hydroxylation is 1. The number of amides is 2. The molecule has 0 aromatic carbocycles. The molecule has 1 unspecified atom stereocenters. The molecule has 21 heavy (non-hydrogen) atoms. The minimum absolute atomic E-state index is 0.155. The Morgan fingerprint density at radius 3 is 2.52 bits per heavy atom. The van der Waals surface area contributed by atoms with E-state index in [0.29, 0.717) is 13.1 Å². The van der Waals surface area contributed by atoms with Crippen LogP contribution in [0.15, 0.2) is 6.20 Å². The monoisotopic (exact) mass is 296 g/mol. The van der Waals surface area contributed by atoms with E-state index < -0.39 is 6.10 Å². The number of nitrogens with zero attached hydrogens (tertiary/aromatic N) is 2. The zero-order chi connectivity index (χ0) is 16.2.